The summed E-state index contributed by atoms with van der Waals surface area (Å²) in [6, 6.07) is 20.4. The first-order chi connectivity index (χ1) is 13.6. The molecule has 1 aliphatic carbocycles. The molecule has 0 amide bonds. The molecule has 2 heterocycles. The molecule has 1 saturated heterocycles. The highest BCUT2D eigenvalue weighted by atomic mass is 16.7. The SMILES string of the molecule is CC1(C(O)C23OC=CC2C(c2ccccc2)(c2ccccc2)O3)C=CC=CC1. The molecule has 2 aromatic rings. The van der Waals surface area contributed by atoms with Gasteiger partial charge < -0.3 is 14.6 Å². The van der Waals surface area contributed by atoms with Gasteiger partial charge in [-0.25, -0.2) is 0 Å². The van der Waals surface area contributed by atoms with Crippen LogP contribution in [0.5, 0.6) is 0 Å². The van der Waals surface area contributed by atoms with Crippen LogP contribution in [0.3, 0.4) is 0 Å². The lowest BCUT2D eigenvalue weighted by Gasteiger charge is -2.61. The van der Waals surface area contributed by atoms with Gasteiger partial charge >= 0.3 is 0 Å². The van der Waals surface area contributed by atoms with Crippen LogP contribution in [0.4, 0.5) is 0 Å². The molecule has 3 aliphatic rings. The van der Waals surface area contributed by atoms with Gasteiger partial charge in [-0.2, -0.15) is 0 Å². The van der Waals surface area contributed by atoms with E-state index in [1.165, 1.54) is 0 Å². The highest BCUT2D eigenvalue weighted by molar-refractivity contribution is 5.45. The Bertz CT molecular complexity index is 907. The quantitative estimate of drug-likeness (QED) is 0.845. The van der Waals surface area contributed by atoms with E-state index in [1.54, 1.807) is 6.26 Å². The van der Waals surface area contributed by atoms with E-state index in [1.807, 2.05) is 54.6 Å². The Labute approximate surface area is 165 Å². The zero-order valence-electron chi connectivity index (χ0n) is 15.9. The molecule has 4 atom stereocenters. The molecule has 2 aromatic carbocycles. The molecule has 2 aliphatic heterocycles. The van der Waals surface area contributed by atoms with Crippen LogP contribution < -0.4 is 0 Å². The monoisotopic (exact) mass is 372 g/mol. The molecular weight excluding hydrogens is 348 g/mol. The van der Waals surface area contributed by atoms with E-state index >= 15 is 0 Å². The van der Waals surface area contributed by atoms with Crippen molar-refractivity contribution in [1.82, 2.24) is 0 Å². The molecule has 3 heteroatoms. The Hall–Kier alpha value is -2.62. The van der Waals surface area contributed by atoms with Gasteiger partial charge in [-0.15, -0.1) is 0 Å². The van der Waals surface area contributed by atoms with Crippen LogP contribution in [0.15, 0.2) is 97.3 Å². The summed E-state index contributed by atoms with van der Waals surface area (Å²) in [6.07, 6.45) is 11.8. The van der Waals surface area contributed by atoms with Gasteiger partial charge in [0, 0.05) is 5.41 Å². The average molecular weight is 372 g/mol. The van der Waals surface area contributed by atoms with Crippen LogP contribution >= 0.6 is 0 Å². The fourth-order valence-electron chi connectivity index (χ4n) is 4.91. The van der Waals surface area contributed by atoms with Crippen LogP contribution in [0.1, 0.15) is 24.5 Å². The van der Waals surface area contributed by atoms with E-state index in [0.717, 1.165) is 17.5 Å². The average Bonchev–Trinajstić information content (AvgIpc) is 3.08. The van der Waals surface area contributed by atoms with E-state index in [4.69, 9.17) is 9.47 Å². The highest BCUT2D eigenvalue weighted by Gasteiger charge is 2.73. The fraction of sp³-hybridized carbons (Fsp3) is 0.280. The predicted octanol–water partition coefficient (Wildman–Crippen LogP) is 4.70. The standard InChI is InChI=1S/C25H24O3/c1-23(16-9-4-10-17-23)22(26)25-21(15-18-27-25)24(28-25,19-11-5-2-6-12-19)20-13-7-3-8-14-20/h2-16,18,21-22,26H,17H2,1H3. The van der Waals surface area contributed by atoms with Crippen molar-refractivity contribution in [3.05, 3.63) is 108 Å². The lowest BCUT2D eigenvalue weighted by Crippen LogP contribution is -2.72. The van der Waals surface area contributed by atoms with Gasteiger partial charge in [0.1, 0.15) is 11.7 Å². The minimum absolute atomic E-state index is 0.129. The van der Waals surface area contributed by atoms with E-state index < -0.39 is 22.9 Å². The zero-order valence-corrected chi connectivity index (χ0v) is 15.9. The van der Waals surface area contributed by atoms with Crippen molar-refractivity contribution >= 4 is 0 Å². The van der Waals surface area contributed by atoms with E-state index in [9.17, 15) is 5.11 Å². The molecule has 4 unspecified atom stereocenters. The number of hydrogen-bond donors (Lipinski definition) is 1. The number of allylic oxidation sites excluding steroid dienone is 3. The second-order valence-corrected chi connectivity index (χ2v) is 8.11. The first-order valence-corrected chi connectivity index (χ1v) is 9.80. The topological polar surface area (TPSA) is 38.7 Å². The summed E-state index contributed by atoms with van der Waals surface area (Å²) in [5, 5.41) is 11.5. The third kappa shape index (κ3) is 2.24. The minimum atomic E-state index is -1.09. The number of ether oxygens (including phenoxy) is 2. The third-order valence-electron chi connectivity index (χ3n) is 6.41. The van der Waals surface area contributed by atoms with Crippen molar-refractivity contribution in [3.8, 4) is 0 Å². The first kappa shape index (κ1) is 17.5. The van der Waals surface area contributed by atoms with Gasteiger partial charge in [-0.05, 0) is 23.6 Å². The summed E-state index contributed by atoms with van der Waals surface area (Å²) in [4.78, 5) is 0. The van der Waals surface area contributed by atoms with E-state index in [-0.39, 0.29) is 5.92 Å². The van der Waals surface area contributed by atoms with Crippen LogP contribution in [0.2, 0.25) is 0 Å². The highest BCUT2D eigenvalue weighted by Crippen LogP contribution is 2.64. The largest absolute Gasteiger partial charge is 0.467 e. The normalized spacial score (nSPS) is 33.0. The second-order valence-electron chi connectivity index (χ2n) is 8.11. The summed E-state index contributed by atoms with van der Waals surface area (Å²) in [7, 11) is 0. The maximum Gasteiger partial charge on any atom is 0.247 e. The van der Waals surface area contributed by atoms with Gasteiger partial charge in [0.25, 0.3) is 0 Å². The summed E-state index contributed by atoms with van der Waals surface area (Å²) < 4.78 is 12.7. The Morgan fingerprint density at radius 3 is 2.18 bits per heavy atom. The number of fused-ring (bicyclic) bond motifs is 1. The lowest BCUT2D eigenvalue weighted by molar-refractivity contribution is -0.419. The molecule has 0 spiro atoms. The molecule has 3 nitrogen and oxygen atoms in total. The maximum absolute atomic E-state index is 11.5. The van der Waals surface area contributed by atoms with Crippen LogP contribution in [0.25, 0.3) is 0 Å². The molecule has 5 rings (SSSR count). The summed E-state index contributed by atoms with van der Waals surface area (Å²) in [5.74, 6) is -1.22. The molecule has 0 aromatic heterocycles. The Balaban J connectivity index is 1.60. The first-order valence-electron chi connectivity index (χ1n) is 9.80. The second kappa shape index (κ2) is 6.20. The molecule has 142 valence electrons. The van der Waals surface area contributed by atoms with Crippen molar-refractivity contribution in [3.63, 3.8) is 0 Å². The number of hydrogen-bond acceptors (Lipinski definition) is 3. The molecule has 28 heavy (non-hydrogen) atoms. The van der Waals surface area contributed by atoms with Gasteiger partial charge in [0.2, 0.25) is 5.79 Å². The van der Waals surface area contributed by atoms with Gasteiger partial charge in [-0.1, -0.05) is 91.9 Å². The molecule has 0 radical (unpaired) electrons. The van der Waals surface area contributed by atoms with Gasteiger partial charge in [0.05, 0.1) is 12.2 Å². The van der Waals surface area contributed by atoms with Gasteiger partial charge in [-0.3, -0.25) is 0 Å². The molecule has 0 saturated carbocycles. The number of rotatable bonds is 4. The van der Waals surface area contributed by atoms with Crippen LogP contribution in [-0.4, -0.2) is 17.0 Å². The Kier molecular flexibility index (Phi) is 3.87. The van der Waals surface area contributed by atoms with Crippen molar-refractivity contribution in [2.45, 2.75) is 30.8 Å². The number of aliphatic hydroxyl groups excluding tert-OH is 1. The maximum atomic E-state index is 11.5. The van der Waals surface area contributed by atoms with E-state index in [0.29, 0.717) is 0 Å². The number of aliphatic hydroxyl groups is 1. The summed E-state index contributed by atoms with van der Waals surface area (Å²) in [6.45, 7) is 2.06. The minimum Gasteiger partial charge on any atom is -0.467 e. The zero-order chi connectivity index (χ0) is 19.2. The summed E-state index contributed by atoms with van der Waals surface area (Å²) in [5.41, 5.74) is 1.00. The Morgan fingerprint density at radius 2 is 1.61 bits per heavy atom. The van der Waals surface area contributed by atoms with Gasteiger partial charge in [0.15, 0.2) is 0 Å². The smallest absolute Gasteiger partial charge is 0.247 e. The van der Waals surface area contributed by atoms with Crippen LogP contribution in [0, 0.1) is 11.3 Å². The van der Waals surface area contributed by atoms with Crippen molar-refractivity contribution in [2.24, 2.45) is 11.3 Å². The van der Waals surface area contributed by atoms with Crippen molar-refractivity contribution in [2.75, 3.05) is 0 Å². The van der Waals surface area contributed by atoms with Crippen LogP contribution in [-0.2, 0) is 15.1 Å². The molecule has 1 N–H and O–H groups in total. The fourth-order valence-corrected chi connectivity index (χ4v) is 4.91. The third-order valence-corrected chi connectivity index (χ3v) is 6.41. The molecular formula is C25H24O3. The molecule has 1 fully saturated rings. The lowest BCUT2D eigenvalue weighted by atomic mass is 9.61. The Morgan fingerprint density at radius 1 is 0.964 bits per heavy atom. The molecule has 0 bridgehead atoms. The van der Waals surface area contributed by atoms with Crippen molar-refractivity contribution in [1.29, 1.82) is 0 Å². The predicted molar refractivity (Wildman–Crippen MR) is 108 cm³/mol. The van der Waals surface area contributed by atoms with Crippen molar-refractivity contribution < 1.29 is 14.6 Å². The summed E-state index contributed by atoms with van der Waals surface area (Å²) >= 11 is 0. The van der Waals surface area contributed by atoms with E-state index in [2.05, 4.69) is 43.3 Å². The number of benzene rings is 2.